The van der Waals surface area contributed by atoms with E-state index < -0.39 is 0 Å². The maximum absolute atomic E-state index is 11.8. The van der Waals surface area contributed by atoms with Crippen LogP contribution in [0, 0.1) is 13.8 Å². The molecule has 1 aromatic rings. The lowest BCUT2D eigenvalue weighted by Crippen LogP contribution is -2.13. The van der Waals surface area contributed by atoms with Crippen LogP contribution in [0.5, 0.6) is 0 Å². The molecular weight excluding hydrogens is 222 g/mol. The van der Waals surface area contributed by atoms with Crippen LogP contribution in [0.15, 0.2) is 0 Å². The maximum Gasteiger partial charge on any atom is 0.341 e. The summed E-state index contributed by atoms with van der Waals surface area (Å²) in [6, 6.07) is 0.311. The van der Waals surface area contributed by atoms with Gasteiger partial charge in [-0.3, -0.25) is 0 Å². The van der Waals surface area contributed by atoms with Gasteiger partial charge in [-0.15, -0.1) is 11.3 Å². The Balaban J connectivity index is 3.08. The third-order valence-electron chi connectivity index (χ3n) is 2.28. The lowest BCUT2D eigenvalue weighted by atomic mass is 10.1. The van der Waals surface area contributed by atoms with Gasteiger partial charge in [-0.05, 0) is 40.2 Å². The normalized spacial score (nSPS) is 10.6. The number of anilines is 1. The standard InChI is InChI=1S/C12H19NO2S/c1-6-15-12(14)10-8(4)9(5)16-11(10)13-7(2)3/h7,13H,6H2,1-5H3. The molecule has 0 amide bonds. The van der Waals surface area contributed by atoms with Crippen LogP contribution in [-0.4, -0.2) is 18.6 Å². The zero-order valence-electron chi connectivity index (χ0n) is 10.5. The Bertz CT molecular complexity index is 383. The second-order valence-corrected chi connectivity index (χ2v) is 5.23. The molecule has 0 aliphatic carbocycles. The van der Waals surface area contributed by atoms with Crippen molar-refractivity contribution in [1.82, 2.24) is 0 Å². The van der Waals surface area contributed by atoms with Gasteiger partial charge < -0.3 is 10.1 Å². The fraction of sp³-hybridized carbons (Fsp3) is 0.583. The molecule has 0 radical (unpaired) electrons. The predicted molar refractivity (Wildman–Crippen MR) is 68.5 cm³/mol. The molecule has 1 N–H and O–H groups in total. The molecule has 0 saturated heterocycles. The van der Waals surface area contributed by atoms with E-state index in [0.717, 1.165) is 15.4 Å². The number of hydrogen-bond donors (Lipinski definition) is 1. The van der Waals surface area contributed by atoms with Crippen molar-refractivity contribution in [2.24, 2.45) is 0 Å². The summed E-state index contributed by atoms with van der Waals surface area (Å²) in [7, 11) is 0. The zero-order valence-corrected chi connectivity index (χ0v) is 11.3. The van der Waals surface area contributed by atoms with E-state index in [-0.39, 0.29) is 5.97 Å². The quantitative estimate of drug-likeness (QED) is 0.821. The van der Waals surface area contributed by atoms with Gasteiger partial charge in [0.1, 0.15) is 5.00 Å². The third-order valence-corrected chi connectivity index (χ3v) is 3.42. The number of esters is 1. The molecule has 0 aliphatic heterocycles. The number of carbonyl (C=O) groups excluding carboxylic acids is 1. The Kier molecular flexibility index (Phi) is 4.35. The molecule has 0 aliphatic rings. The largest absolute Gasteiger partial charge is 0.462 e. The summed E-state index contributed by atoms with van der Waals surface area (Å²) in [6.45, 7) is 10.3. The zero-order chi connectivity index (χ0) is 12.3. The first-order chi connectivity index (χ1) is 7.47. The molecule has 0 unspecified atom stereocenters. The number of ether oxygens (including phenoxy) is 1. The van der Waals surface area contributed by atoms with Gasteiger partial charge in [0.05, 0.1) is 12.2 Å². The molecule has 1 rings (SSSR count). The molecular formula is C12H19NO2S. The van der Waals surface area contributed by atoms with Gasteiger partial charge >= 0.3 is 5.97 Å². The van der Waals surface area contributed by atoms with Crippen LogP contribution in [0.3, 0.4) is 0 Å². The molecule has 0 spiro atoms. The van der Waals surface area contributed by atoms with Gasteiger partial charge in [0, 0.05) is 10.9 Å². The SMILES string of the molecule is CCOC(=O)c1c(NC(C)C)sc(C)c1C. The molecule has 90 valence electrons. The first kappa shape index (κ1) is 13.0. The van der Waals surface area contributed by atoms with E-state index in [9.17, 15) is 4.79 Å². The summed E-state index contributed by atoms with van der Waals surface area (Å²) in [5, 5.41) is 4.21. The van der Waals surface area contributed by atoms with Crippen molar-refractivity contribution in [3.63, 3.8) is 0 Å². The van der Waals surface area contributed by atoms with Crippen molar-refractivity contribution in [1.29, 1.82) is 0 Å². The molecule has 1 heterocycles. The van der Waals surface area contributed by atoms with Crippen LogP contribution in [0.1, 0.15) is 41.6 Å². The first-order valence-corrected chi connectivity index (χ1v) is 6.32. The fourth-order valence-corrected chi connectivity index (χ4v) is 2.63. The van der Waals surface area contributed by atoms with Gasteiger partial charge in [0.2, 0.25) is 0 Å². The van der Waals surface area contributed by atoms with Crippen LogP contribution >= 0.6 is 11.3 Å². The second-order valence-electron chi connectivity index (χ2n) is 4.01. The van der Waals surface area contributed by atoms with E-state index in [2.05, 4.69) is 19.2 Å². The lowest BCUT2D eigenvalue weighted by molar-refractivity contribution is 0.0527. The minimum Gasteiger partial charge on any atom is -0.462 e. The highest BCUT2D eigenvalue weighted by molar-refractivity contribution is 7.16. The van der Waals surface area contributed by atoms with Crippen molar-refractivity contribution < 1.29 is 9.53 Å². The third kappa shape index (κ3) is 2.76. The van der Waals surface area contributed by atoms with Crippen molar-refractivity contribution in [2.75, 3.05) is 11.9 Å². The Labute approximate surface area is 101 Å². The Morgan fingerprint density at radius 3 is 2.56 bits per heavy atom. The maximum atomic E-state index is 11.8. The van der Waals surface area contributed by atoms with Gasteiger partial charge in [-0.2, -0.15) is 0 Å². The number of carbonyl (C=O) groups is 1. The van der Waals surface area contributed by atoms with Gasteiger partial charge in [-0.25, -0.2) is 4.79 Å². The molecule has 0 aromatic carbocycles. The van der Waals surface area contributed by atoms with E-state index in [0.29, 0.717) is 18.2 Å². The van der Waals surface area contributed by atoms with Gasteiger partial charge in [-0.1, -0.05) is 0 Å². The van der Waals surface area contributed by atoms with Crippen molar-refractivity contribution >= 4 is 22.3 Å². The first-order valence-electron chi connectivity index (χ1n) is 5.51. The predicted octanol–water partition coefficient (Wildman–Crippen LogP) is 3.36. The van der Waals surface area contributed by atoms with E-state index in [4.69, 9.17) is 4.74 Å². The fourth-order valence-electron chi connectivity index (χ4n) is 1.44. The van der Waals surface area contributed by atoms with E-state index in [1.807, 2.05) is 20.8 Å². The molecule has 16 heavy (non-hydrogen) atoms. The lowest BCUT2D eigenvalue weighted by Gasteiger charge is -2.10. The van der Waals surface area contributed by atoms with Gasteiger partial charge in [0.25, 0.3) is 0 Å². The second kappa shape index (κ2) is 5.34. The summed E-state index contributed by atoms with van der Waals surface area (Å²) < 4.78 is 5.07. The Morgan fingerprint density at radius 2 is 2.06 bits per heavy atom. The summed E-state index contributed by atoms with van der Waals surface area (Å²) in [5.41, 5.74) is 1.71. The smallest absolute Gasteiger partial charge is 0.341 e. The number of hydrogen-bond acceptors (Lipinski definition) is 4. The molecule has 1 aromatic heterocycles. The minimum atomic E-state index is -0.229. The highest BCUT2D eigenvalue weighted by Crippen LogP contribution is 2.33. The number of aryl methyl sites for hydroxylation is 1. The van der Waals surface area contributed by atoms with E-state index in [1.54, 1.807) is 11.3 Å². The summed E-state index contributed by atoms with van der Waals surface area (Å²) in [5.74, 6) is -0.229. The molecule has 4 heteroatoms. The molecule has 3 nitrogen and oxygen atoms in total. The Morgan fingerprint density at radius 1 is 1.44 bits per heavy atom. The van der Waals surface area contributed by atoms with Gasteiger partial charge in [0.15, 0.2) is 0 Å². The summed E-state index contributed by atoms with van der Waals surface area (Å²) in [4.78, 5) is 13.0. The highest BCUT2D eigenvalue weighted by Gasteiger charge is 2.20. The molecule has 0 bridgehead atoms. The summed E-state index contributed by atoms with van der Waals surface area (Å²) >= 11 is 1.61. The van der Waals surface area contributed by atoms with Crippen LogP contribution in [-0.2, 0) is 4.74 Å². The molecule has 0 atom stereocenters. The van der Waals surface area contributed by atoms with Crippen LogP contribution in [0.2, 0.25) is 0 Å². The minimum absolute atomic E-state index is 0.229. The monoisotopic (exact) mass is 241 g/mol. The number of rotatable bonds is 4. The molecule has 0 saturated carbocycles. The average molecular weight is 241 g/mol. The van der Waals surface area contributed by atoms with Crippen molar-refractivity contribution in [3.8, 4) is 0 Å². The summed E-state index contributed by atoms with van der Waals surface area (Å²) in [6.07, 6.45) is 0. The highest BCUT2D eigenvalue weighted by atomic mass is 32.1. The van der Waals surface area contributed by atoms with E-state index >= 15 is 0 Å². The van der Waals surface area contributed by atoms with Crippen LogP contribution in [0.4, 0.5) is 5.00 Å². The van der Waals surface area contributed by atoms with Crippen molar-refractivity contribution in [3.05, 3.63) is 16.0 Å². The average Bonchev–Trinajstić information content (AvgIpc) is 2.41. The molecule has 0 fully saturated rings. The topological polar surface area (TPSA) is 38.3 Å². The van der Waals surface area contributed by atoms with Crippen molar-refractivity contribution in [2.45, 2.75) is 40.7 Å². The Hall–Kier alpha value is -1.03. The van der Waals surface area contributed by atoms with E-state index in [1.165, 1.54) is 0 Å². The number of thiophene rings is 1. The number of nitrogens with one attached hydrogen (secondary N) is 1. The van der Waals surface area contributed by atoms with Crippen LogP contribution < -0.4 is 5.32 Å². The van der Waals surface area contributed by atoms with Crippen LogP contribution in [0.25, 0.3) is 0 Å².